The van der Waals surface area contributed by atoms with Crippen LogP contribution in [0, 0.1) is 5.82 Å². The molecule has 0 aliphatic carbocycles. The van der Waals surface area contributed by atoms with Crippen molar-refractivity contribution in [3.05, 3.63) is 41.7 Å². The number of aromatic nitrogens is 4. The van der Waals surface area contributed by atoms with Gasteiger partial charge in [0.1, 0.15) is 5.60 Å². The number of hydrogen-bond acceptors (Lipinski definition) is 6. The Balaban J connectivity index is 1.89. The minimum atomic E-state index is -0.631. The Hall–Kier alpha value is -2.74. The summed E-state index contributed by atoms with van der Waals surface area (Å²) in [5.41, 5.74) is 0.506. The number of benzene rings is 1. The van der Waals surface area contributed by atoms with Gasteiger partial charge in [-0.05, 0) is 50.6 Å². The highest BCUT2D eigenvalue weighted by Gasteiger charge is 2.20. The number of halogens is 2. The van der Waals surface area contributed by atoms with Gasteiger partial charge in [-0.2, -0.15) is 14.8 Å². The van der Waals surface area contributed by atoms with E-state index in [1.807, 2.05) is 0 Å². The predicted octanol–water partition coefficient (Wildman–Crippen LogP) is 4.15. The first-order valence-electron chi connectivity index (χ1n) is 7.39. The highest BCUT2D eigenvalue weighted by molar-refractivity contribution is 6.28. The summed E-state index contributed by atoms with van der Waals surface area (Å²) < 4.78 is 20.2. The summed E-state index contributed by atoms with van der Waals surface area (Å²) in [4.78, 5) is 19.5. The van der Waals surface area contributed by atoms with Crippen molar-refractivity contribution in [3.8, 4) is 0 Å². The molecule has 0 atom stereocenters. The molecule has 3 rings (SSSR count). The van der Waals surface area contributed by atoms with Crippen molar-refractivity contribution in [1.82, 2.24) is 19.7 Å². The number of anilines is 2. The van der Waals surface area contributed by atoms with E-state index in [0.717, 1.165) is 6.20 Å². The topological polar surface area (TPSA) is 81.9 Å². The van der Waals surface area contributed by atoms with E-state index in [2.05, 4.69) is 20.4 Å². The van der Waals surface area contributed by atoms with Crippen LogP contribution >= 0.6 is 11.6 Å². The highest BCUT2D eigenvalue weighted by atomic mass is 35.5. The first-order chi connectivity index (χ1) is 11.7. The average Bonchev–Trinajstić information content (AvgIpc) is 2.92. The van der Waals surface area contributed by atoms with Gasteiger partial charge in [0.2, 0.25) is 5.28 Å². The maximum absolute atomic E-state index is 13.7. The number of fused-ring (bicyclic) bond motifs is 1. The number of carbonyl (C=O) groups excluding carboxylic acids is 1. The number of carbonyl (C=O) groups is 1. The highest BCUT2D eigenvalue weighted by Crippen LogP contribution is 2.24. The zero-order chi connectivity index (χ0) is 18.2. The molecule has 3 aromatic rings. The molecule has 9 heteroatoms. The van der Waals surface area contributed by atoms with E-state index in [-0.39, 0.29) is 11.1 Å². The molecule has 0 unspecified atom stereocenters. The van der Waals surface area contributed by atoms with Gasteiger partial charge in [0.05, 0.1) is 17.9 Å². The fourth-order valence-electron chi connectivity index (χ4n) is 2.13. The molecule has 0 aliphatic rings. The second kappa shape index (κ2) is 6.29. The first kappa shape index (κ1) is 17.1. The molecule has 0 radical (unpaired) electrons. The van der Waals surface area contributed by atoms with E-state index < -0.39 is 17.5 Å². The van der Waals surface area contributed by atoms with Crippen molar-refractivity contribution in [2.75, 3.05) is 5.32 Å². The molecule has 25 heavy (non-hydrogen) atoms. The third kappa shape index (κ3) is 3.85. The normalized spacial score (nSPS) is 11.6. The number of nitrogens with zero attached hydrogens (tertiary/aromatic N) is 4. The predicted molar refractivity (Wildman–Crippen MR) is 91.6 cm³/mol. The summed E-state index contributed by atoms with van der Waals surface area (Å²) in [6.45, 7) is 5.33. The summed E-state index contributed by atoms with van der Waals surface area (Å²) >= 11 is 5.68. The molecular weight excluding hydrogens is 349 g/mol. The van der Waals surface area contributed by atoms with Crippen molar-refractivity contribution in [1.29, 1.82) is 0 Å². The second-order valence-electron chi connectivity index (χ2n) is 6.27. The summed E-state index contributed by atoms with van der Waals surface area (Å²) in [6.07, 6.45) is 1.93. The minimum Gasteiger partial charge on any atom is -0.442 e. The Bertz CT molecular complexity index is 951. The maximum atomic E-state index is 13.7. The lowest BCUT2D eigenvalue weighted by atomic mass is 10.2. The Morgan fingerprint density at radius 2 is 2.08 bits per heavy atom. The number of rotatable bonds is 2. The fourth-order valence-corrected chi connectivity index (χ4v) is 2.26. The van der Waals surface area contributed by atoms with Crippen molar-refractivity contribution in [2.24, 2.45) is 0 Å². The van der Waals surface area contributed by atoms with Crippen molar-refractivity contribution < 1.29 is 13.9 Å². The molecular formula is C16H15ClFN5O2. The molecule has 130 valence electrons. The number of ether oxygens (including phenoxy) is 1. The summed E-state index contributed by atoms with van der Waals surface area (Å²) in [5, 5.41) is 7.48. The lowest BCUT2D eigenvalue weighted by Gasteiger charge is -2.19. The summed E-state index contributed by atoms with van der Waals surface area (Å²) in [7, 11) is 0. The SMILES string of the molecule is CC(C)(C)OC(=O)n1ncc2cc(Nc3nc(Cl)ncc3F)ccc21. The molecule has 0 saturated carbocycles. The second-order valence-corrected chi connectivity index (χ2v) is 6.61. The molecule has 2 aromatic heterocycles. The van der Waals surface area contributed by atoms with Crippen LogP contribution in [0.5, 0.6) is 0 Å². The molecule has 2 heterocycles. The molecule has 1 N–H and O–H groups in total. The molecule has 0 fully saturated rings. The molecule has 0 bridgehead atoms. The van der Waals surface area contributed by atoms with Gasteiger partial charge in [-0.25, -0.2) is 14.2 Å². The van der Waals surface area contributed by atoms with Crippen LogP contribution in [-0.2, 0) is 4.74 Å². The molecule has 1 aromatic carbocycles. The molecule has 0 saturated heterocycles. The lowest BCUT2D eigenvalue weighted by molar-refractivity contribution is 0.0522. The third-order valence-corrected chi connectivity index (χ3v) is 3.29. The molecule has 7 nitrogen and oxygen atoms in total. The van der Waals surface area contributed by atoms with Gasteiger partial charge in [-0.1, -0.05) is 0 Å². The largest absolute Gasteiger partial charge is 0.442 e. The Kier molecular flexibility index (Phi) is 4.30. The number of hydrogen-bond donors (Lipinski definition) is 1. The van der Waals surface area contributed by atoms with Crippen LogP contribution in [0.4, 0.5) is 20.7 Å². The standard InChI is InChI=1S/C16H15ClFN5O2/c1-16(2,3)25-15(24)23-12-5-4-10(6-9(12)7-20-23)21-13-11(18)8-19-14(17)22-13/h4-8H,1-3H3,(H,19,21,22). The van der Waals surface area contributed by atoms with Gasteiger partial charge in [0, 0.05) is 11.1 Å². The van der Waals surface area contributed by atoms with E-state index >= 15 is 0 Å². The Morgan fingerprint density at radius 1 is 1.32 bits per heavy atom. The maximum Gasteiger partial charge on any atom is 0.435 e. The van der Waals surface area contributed by atoms with Gasteiger partial charge in [-0.3, -0.25) is 0 Å². The van der Waals surface area contributed by atoms with E-state index in [1.165, 1.54) is 10.9 Å². The summed E-state index contributed by atoms with van der Waals surface area (Å²) in [6, 6.07) is 5.05. The quantitative estimate of drug-likeness (QED) is 0.689. The van der Waals surface area contributed by atoms with Gasteiger partial charge in [0.15, 0.2) is 11.6 Å². The van der Waals surface area contributed by atoms with Crippen LogP contribution < -0.4 is 5.32 Å². The van der Waals surface area contributed by atoms with E-state index in [1.54, 1.807) is 39.0 Å². The van der Waals surface area contributed by atoms with E-state index in [0.29, 0.717) is 16.6 Å². The smallest absolute Gasteiger partial charge is 0.435 e. The zero-order valence-electron chi connectivity index (χ0n) is 13.7. The Labute approximate surface area is 147 Å². The van der Waals surface area contributed by atoms with Gasteiger partial charge < -0.3 is 10.1 Å². The fraction of sp³-hybridized carbons (Fsp3) is 0.250. The Morgan fingerprint density at radius 3 is 2.80 bits per heavy atom. The van der Waals surface area contributed by atoms with Crippen LogP contribution in [0.1, 0.15) is 20.8 Å². The van der Waals surface area contributed by atoms with E-state index in [4.69, 9.17) is 16.3 Å². The van der Waals surface area contributed by atoms with Crippen LogP contribution in [0.15, 0.2) is 30.6 Å². The van der Waals surface area contributed by atoms with E-state index in [9.17, 15) is 9.18 Å². The first-order valence-corrected chi connectivity index (χ1v) is 7.77. The van der Waals surface area contributed by atoms with Crippen LogP contribution in [0.2, 0.25) is 5.28 Å². The van der Waals surface area contributed by atoms with Gasteiger partial charge in [0.25, 0.3) is 0 Å². The van der Waals surface area contributed by atoms with Crippen LogP contribution in [0.3, 0.4) is 0 Å². The average molecular weight is 364 g/mol. The zero-order valence-corrected chi connectivity index (χ0v) is 14.5. The monoisotopic (exact) mass is 363 g/mol. The molecule has 0 spiro atoms. The van der Waals surface area contributed by atoms with Gasteiger partial charge >= 0.3 is 6.09 Å². The van der Waals surface area contributed by atoms with Crippen LogP contribution in [-0.4, -0.2) is 31.4 Å². The third-order valence-electron chi connectivity index (χ3n) is 3.11. The minimum absolute atomic E-state index is 0.0427. The summed E-state index contributed by atoms with van der Waals surface area (Å²) in [5.74, 6) is -0.673. The number of nitrogens with one attached hydrogen (secondary N) is 1. The lowest BCUT2D eigenvalue weighted by Crippen LogP contribution is -2.27. The van der Waals surface area contributed by atoms with Crippen LogP contribution in [0.25, 0.3) is 10.9 Å². The van der Waals surface area contributed by atoms with Crippen molar-refractivity contribution in [2.45, 2.75) is 26.4 Å². The van der Waals surface area contributed by atoms with Gasteiger partial charge in [-0.15, -0.1) is 0 Å². The van der Waals surface area contributed by atoms with Crippen molar-refractivity contribution >= 4 is 40.1 Å². The molecule has 0 aliphatic heterocycles. The van der Waals surface area contributed by atoms with Crippen molar-refractivity contribution in [3.63, 3.8) is 0 Å². The molecule has 0 amide bonds.